The van der Waals surface area contributed by atoms with Gasteiger partial charge in [0, 0.05) is 43.5 Å². The summed E-state index contributed by atoms with van der Waals surface area (Å²) < 4.78 is 1.47. The number of aromatic nitrogens is 4. The molecule has 0 bridgehead atoms. The lowest BCUT2D eigenvalue weighted by Gasteiger charge is -2.30. The van der Waals surface area contributed by atoms with Gasteiger partial charge in [-0.25, -0.2) is 4.98 Å². The number of hydrogen-bond donors (Lipinski definition) is 1. The van der Waals surface area contributed by atoms with Gasteiger partial charge in [0.25, 0.3) is 5.56 Å². The predicted molar refractivity (Wildman–Crippen MR) is 115 cm³/mol. The fraction of sp³-hybridized carbons (Fsp3) is 0.476. The summed E-state index contributed by atoms with van der Waals surface area (Å²) in [5.41, 5.74) is 2.77. The van der Waals surface area contributed by atoms with Crippen LogP contribution in [0.15, 0.2) is 29.3 Å². The second-order valence-corrected chi connectivity index (χ2v) is 8.90. The zero-order valence-corrected chi connectivity index (χ0v) is 17.5. The third-order valence-electron chi connectivity index (χ3n) is 5.99. The molecule has 3 aromatic heterocycles. The second kappa shape index (κ2) is 8.14. The number of hydrogen-bond acceptors (Lipinski definition) is 7. The maximum absolute atomic E-state index is 12.8. The number of carbonyl (C=O) groups excluding carboxylic acids is 1. The quantitative estimate of drug-likeness (QED) is 0.688. The number of fused-ring (bicyclic) bond motifs is 2. The normalized spacial score (nSPS) is 17.1. The van der Waals surface area contributed by atoms with Crippen molar-refractivity contribution in [3.63, 3.8) is 0 Å². The molecule has 0 atom stereocenters. The van der Waals surface area contributed by atoms with Crippen LogP contribution in [-0.4, -0.2) is 38.6 Å². The molecule has 1 fully saturated rings. The molecule has 0 spiro atoms. The lowest BCUT2D eigenvalue weighted by atomic mass is 9.96. The molecule has 0 radical (unpaired) electrons. The van der Waals surface area contributed by atoms with E-state index in [2.05, 4.69) is 20.3 Å². The standard InChI is InChI=1S/C21H24N6O2S/c28-18(23-13-14-4-3-9-22-12-14)15-7-10-26(11-8-15)21-25-27-19(29)16-5-1-2-6-17(16)24-20(27)30-21/h3-4,9,12,15H,1-2,5-8,10-11,13H2,(H,23,28). The first-order chi connectivity index (χ1) is 14.7. The Morgan fingerprint density at radius 1 is 1.23 bits per heavy atom. The van der Waals surface area contributed by atoms with Crippen LogP contribution in [0.5, 0.6) is 0 Å². The number of piperidine rings is 1. The van der Waals surface area contributed by atoms with Gasteiger partial charge in [0.2, 0.25) is 16.0 Å². The third-order valence-corrected chi connectivity index (χ3v) is 6.96. The van der Waals surface area contributed by atoms with Crippen molar-refractivity contribution in [1.29, 1.82) is 0 Å². The highest BCUT2D eigenvalue weighted by Crippen LogP contribution is 2.28. The zero-order chi connectivity index (χ0) is 20.5. The van der Waals surface area contributed by atoms with Crippen molar-refractivity contribution < 1.29 is 4.79 Å². The van der Waals surface area contributed by atoms with E-state index >= 15 is 0 Å². The first-order valence-electron chi connectivity index (χ1n) is 10.5. The lowest BCUT2D eigenvalue weighted by Crippen LogP contribution is -2.40. The van der Waals surface area contributed by atoms with Crippen molar-refractivity contribution in [2.45, 2.75) is 45.1 Å². The maximum atomic E-state index is 12.8. The highest BCUT2D eigenvalue weighted by molar-refractivity contribution is 7.20. The summed E-state index contributed by atoms with van der Waals surface area (Å²) in [7, 11) is 0. The topological polar surface area (TPSA) is 92.5 Å². The van der Waals surface area contributed by atoms with Gasteiger partial charge in [0.1, 0.15) is 0 Å². The summed E-state index contributed by atoms with van der Waals surface area (Å²) in [5, 5.41) is 8.40. The van der Waals surface area contributed by atoms with Crippen LogP contribution in [0.3, 0.4) is 0 Å². The minimum atomic E-state index is -0.0122. The largest absolute Gasteiger partial charge is 0.352 e. The Morgan fingerprint density at radius 3 is 2.87 bits per heavy atom. The van der Waals surface area contributed by atoms with Crippen LogP contribution in [0, 0.1) is 5.92 Å². The number of pyridine rings is 1. The summed E-state index contributed by atoms with van der Waals surface area (Å²) >= 11 is 1.47. The predicted octanol–water partition coefficient (Wildman–Crippen LogP) is 1.96. The minimum Gasteiger partial charge on any atom is -0.352 e. The van der Waals surface area contributed by atoms with Crippen LogP contribution in [0.25, 0.3) is 4.96 Å². The third kappa shape index (κ3) is 3.69. The van der Waals surface area contributed by atoms with Gasteiger partial charge in [0.05, 0.1) is 5.69 Å². The summed E-state index contributed by atoms with van der Waals surface area (Å²) in [6.07, 6.45) is 8.86. The van der Waals surface area contributed by atoms with E-state index in [1.807, 2.05) is 12.1 Å². The van der Waals surface area contributed by atoms with Gasteiger partial charge >= 0.3 is 0 Å². The molecule has 1 saturated heterocycles. The maximum Gasteiger partial charge on any atom is 0.278 e. The Labute approximate surface area is 178 Å². The van der Waals surface area contributed by atoms with Gasteiger partial charge in [-0.1, -0.05) is 17.4 Å². The molecule has 1 amide bonds. The average molecular weight is 425 g/mol. The molecule has 5 rings (SSSR count). The molecule has 156 valence electrons. The van der Waals surface area contributed by atoms with Crippen molar-refractivity contribution in [2.75, 3.05) is 18.0 Å². The number of rotatable bonds is 4. The molecule has 1 aliphatic carbocycles. The number of nitrogens with zero attached hydrogens (tertiary/aromatic N) is 5. The number of amides is 1. The monoisotopic (exact) mass is 424 g/mol. The van der Waals surface area contributed by atoms with E-state index in [1.54, 1.807) is 12.4 Å². The van der Waals surface area contributed by atoms with Gasteiger partial charge < -0.3 is 10.2 Å². The average Bonchev–Trinajstić information content (AvgIpc) is 3.23. The molecular weight excluding hydrogens is 400 g/mol. The second-order valence-electron chi connectivity index (χ2n) is 7.97. The molecule has 9 heteroatoms. The van der Waals surface area contributed by atoms with Gasteiger partial charge in [0.15, 0.2) is 0 Å². The van der Waals surface area contributed by atoms with E-state index in [9.17, 15) is 9.59 Å². The van der Waals surface area contributed by atoms with Crippen LogP contribution in [0.1, 0.15) is 42.5 Å². The molecule has 0 unspecified atom stereocenters. The van der Waals surface area contributed by atoms with E-state index < -0.39 is 0 Å². The van der Waals surface area contributed by atoms with Crippen LogP contribution < -0.4 is 15.8 Å². The summed E-state index contributed by atoms with van der Waals surface area (Å²) in [6.45, 7) is 2.00. The molecule has 0 saturated carbocycles. The van der Waals surface area contributed by atoms with Crippen LogP contribution >= 0.6 is 11.3 Å². The molecule has 1 N–H and O–H groups in total. The fourth-order valence-corrected chi connectivity index (χ4v) is 5.22. The van der Waals surface area contributed by atoms with Crippen molar-refractivity contribution >= 4 is 27.3 Å². The van der Waals surface area contributed by atoms with Gasteiger partial charge in [-0.3, -0.25) is 14.6 Å². The zero-order valence-electron chi connectivity index (χ0n) is 16.7. The first-order valence-corrected chi connectivity index (χ1v) is 11.3. The van der Waals surface area contributed by atoms with Gasteiger partial charge in [-0.15, -0.1) is 5.10 Å². The van der Waals surface area contributed by atoms with Crippen LogP contribution in [0.2, 0.25) is 0 Å². The summed E-state index contributed by atoms with van der Waals surface area (Å²) in [6, 6.07) is 3.82. The lowest BCUT2D eigenvalue weighted by molar-refractivity contribution is -0.125. The minimum absolute atomic E-state index is 0.000427. The van der Waals surface area contributed by atoms with Crippen LogP contribution in [0.4, 0.5) is 5.13 Å². The molecule has 8 nitrogen and oxygen atoms in total. The highest BCUT2D eigenvalue weighted by Gasteiger charge is 2.27. The Kier molecular flexibility index (Phi) is 5.20. The van der Waals surface area contributed by atoms with Gasteiger partial charge in [-0.2, -0.15) is 4.52 Å². The number of anilines is 1. The first kappa shape index (κ1) is 19.2. The van der Waals surface area contributed by atoms with E-state index in [-0.39, 0.29) is 17.4 Å². The molecule has 0 aromatic carbocycles. The molecule has 30 heavy (non-hydrogen) atoms. The van der Waals surface area contributed by atoms with E-state index in [1.165, 1.54) is 15.9 Å². The van der Waals surface area contributed by atoms with E-state index in [0.717, 1.165) is 73.6 Å². The van der Waals surface area contributed by atoms with E-state index in [4.69, 9.17) is 4.98 Å². The Bertz CT molecular complexity index is 1120. The van der Waals surface area contributed by atoms with E-state index in [0.29, 0.717) is 11.5 Å². The number of nitrogens with one attached hydrogen (secondary N) is 1. The SMILES string of the molecule is O=C(NCc1cccnc1)C1CCN(c2nn3c(=O)c4c(nc3s2)CCCC4)CC1. The smallest absolute Gasteiger partial charge is 0.278 e. The Balaban J connectivity index is 1.24. The Hall–Kier alpha value is -2.81. The van der Waals surface area contributed by atoms with Crippen molar-refractivity contribution in [2.24, 2.45) is 5.92 Å². The van der Waals surface area contributed by atoms with Crippen LogP contribution in [-0.2, 0) is 24.2 Å². The van der Waals surface area contributed by atoms with Crippen molar-refractivity contribution in [3.8, 4) is 0 Å². The summed E-state index contributed by atoms with van der Waals surface area (Å²) in [5.74, 6) is 0.0915. The Morgan fingerprint density at radius 2 is 2.07 bits per heavy atom. The molecule has 1 aliphatic heterocycles. The fourth-order valence-electron chi connectivity index (χ4n) is 4.26. The molecule has 2 aliphatic rings. The molecule has 4 heterocycles. The van der Waals surface area contributed by atoms with Crippen molar-refractivity contribution in [1.82, 2.24) is 24.9 Å². The molecule has 3 aromatic rings. The summed E-state index contributed by atoms with van der Waals surface area (Å²) in [4.78, 5) is 36.9. The van der Waals surface area contributed by atoms with Crippen molar-refractivity contribution in [3.05, 3.63) is 51.7 Å². The van der Waals surface area contributed by atoms with Gasteiger partial charge in [-0.05, 0) is 50.2 Å². The molecular formula is C21H24N6O2S. The highest BCUT2D eigenvalue weighted by atomic mass is 32.1. The number of aryl methyl sites for hydroxylation is 1. The number of carbonyl (C=O) groups is 1.